The highest BCUT2D eigenvalue weighted by atomic mass is 16.4. The van der Waals surface area contributed by atoms with Crippen molar-refractivity contribution in [2.75, 3.05) is 6.61 Å². The van der Waals surface area contributed by atoms with Crippen LogP contribution in [0.1, 0.15) is 6.92 Å². The summed E-state index contributed by atoms with van der Waals surface area (Å²) in [6, 6.07) is 0. The van der Waals surface area contributed by atoms with Gasteiger partial charge in [-0.1, -0.05) is 0 Å². The highest BCUT2D eigenvalue weighted by molar-refractivity contribution is 6.38. The van der Waals surface area contributed by atoms with Gasteiger partial charge in [0.05, 0.1) is 19.0 Å². The number of carbonyl (C=O) groups is 2. The number of nitrogens with zero attached hydrogens (tertiary/aromatic N) is 2. The van der Waals surface area contributed by atoms with Gasteiger partial charge in [-0.05, 0) is 0 Å². The SMILES string of the molecule is CC(=O)C(=O)C(O)C(O)C(O)CO.c1cn[nH]n1. The van der Waals surface area contributed by atoms with Crippen molar-refractivity contribution in [2.24, 2.45) is 0 Å². The van der Waals surface area contributed by atoms with Crippen LogP contribution in [0.2, 0.25) is 0 Å². The Morgan fingerprint density at radius 1 is 1.22 bits per heavy atom. The van der Waals surface area contributed by atoms with Crippen LogP contribution in [0.5, 0.6) is 0 Å². The number of aromatic amines is 1. The molecule has 1 aromatic heterocycles. The molecule has 102 valence electrons. The van der Waals surface area contributed by atoms with Crippen molar-refractivity contribution in [3.05, 3.63) is 12.4 Å². The van der Waals surface area contributed by atoms with Gasteiger partial charge in [-0.2, -0.15) is 15.4 Å². The highest BCUT2D eigenvalue weighted by Gasteiger charge is 2.31. The van der Waals surface area contributed by atoms with Crippen molar-refractivity contribution in [1.29, 1.82) is 0 Å². The van der Waals surface area contributed by atoms with E-state index in [0.717, 1.165) is 6.92 Å². The lowest BCUT2D eigenvalue weighted by Crippen LogP contribution is -2.45. The molecule has 3 unspecified atom stereocenters. The van der Waals surface area contributed by atoms with Crippen molar-refractivity contribution in [3.63, 3.8) is 0 Å². The zero-order valence-corrected chi connectivity index (χ0v) is 9.59. The van der Waals surface area contributed by atoms with E-state index in [9.17, 15) is 9.59 Å². The molecule has 18 heavy (non-hydrogen) atoms. The minimum Gasteiger partial charge on any atom is -0.394 e. The standard InChI is InChI=1S/C7H12O6.C2H3N3/c1-3(9)5(11)7(13)6(12)4(10)2-8;1-2-4-5-3-1/h4,6-8,10,12-13H,2H2,1H3;1-2H,(H,3,4,5). The van der Waals surface area contributed by atoms with Crippen LogP contribution in [-0.4, -0.2) is 72.3 Å². The zero-order valence-electron chi connectivity index (χ0n) is 9.59. The van der Waals surface area contributed by atoms with Gasteiger partial charge >= 0.3 is 0 Å². The number of H-pyrrole nitrogens is 1. The van der Waals surface area contributed by atoms with Crippen LogP contribution >= 0.6 is 0 Å². The van der Waals surface area contributed by atoms with Crippen molar-refractivity contribution < 1.29 is 30.0 Å². The molecule has 0 aromatic carbocycles. The molecule has 0 saturated carbocycles. The molecule has 0 bridgehead atoms. The Hall–Kier alpha value is -1.68. The predicted octanol–water partition coefficient (Wildman–Crippen LogP) is -2.98. The average molecular weight is 261 g/mol. The van der Waals surface area contributed by atoms with Crippen LogP contribution < -0.4 is 0 Å². The molecule has 0 aliphatic carbocycles. The van der Waals surface area contributed by atoms with Gasteiger partial charge in [0.25, 0.3) is 0 Å². The number of hydrogen-bond donors (Lipinski definition) is 5. The number of rotatable bonds is 5. The molecular formula is C9H15N3O6. The van der Waals surface area contributed by atoms with Gasteiger partial charge in [0, 0.05) is 6.92 Å². The van der Waals surface area contributed by atoms with Crippen LogP contribution in [0, 0.1) is 0 Å². The number of Topliss-reactive ketones (excluding diaryl/α,β-unsaturated/α-hetero) is 2. The lowest BCUT2D eigenvalue weighted by Gasteiger charge is -2.19. The summed E-state index contributed by atoms with van der Waals surface area (Å²) in [6.07, 6.45) is -2.31. The third kappa shape index (κ3) is 5.59. The van der Waals surface area contributed by atoms with E-state index in [0.29, 0.717) is 0 Å². The number of aliphatic hydroxyl groups is 4. The Labute approximate surface area is 102 Å². The van der Waals surface area contributed by atoms with E-state index in [1.807, 2.05) is 0 Å². The van der Waals surface area contributed by atoms with Crippen LogP contribution in [0.4, 0.5) is 0 Å². The second-order valence-corrected chi connectivity index (χ2v) is 3.26. The van der Waals surface area contributed by atoms with E-state index in [1.54, 1.807) is 12.4 Å². The summed E-state index contributed by atoms with van der Waals surface area (Å²) in [6.45, 7) is 0.132. The third-order valence-electron chi connectivity index (χ3n) is 1.85. The maximum atomic E-state index is 10.8. The Morgan fingerprint density at radius 2 is 1.72 bits per heavy atom. The van der Waals surface area contributed by atoms with Gasteiger partial charge < -0.3 is 20.4 Å². The van der Waals surface area contributed by atoms with Crippen molar-refractivity contribution >= 4 is 11.6 Å². The smallest absolute Gasteiger partial charge is 0.229 e. The normalized spacial score (nSPS) is 14.9. The van der Waals surface area contributed by atoms with Gasteiger partial charge in [-0.15, -0.1) is 0 Å². The molecule has 1 aromatic rings. The maximum Gasteiger partial charge on any atom is 0.229 e. The molecule has 5 N–H and O–H groups in total. The molecule has 0 saturated heterocycles. The average Bonchev–Trinajstić information content (AvgIpc) is 2.93. The molecule has 0 aliphatic heterocycles. The molecule has 3 atom stereocenters. The van der Waals surface area contributed by atoms with Crippen molar-refractivity contribution in [2.45, 2.75) is 25.2 Å². The summed E-state index contributed by atoms with van der Waals surface area (Å²) in [5.74, 6) is -2.11. The molecule has 9 nitrogen and oxygen atoms in total. The fourth-order valence-corrected chi connectivity index (χ4v) is 0.848. The second-order valence-electron chi connectivity index (χ2n) is 3.26. The molecule has 9 heteroatoms. The Bertz CT molecular complexity index is 338. The number of aromatic nitrogens is 3. The molecule has 1 heterocycles. The molecule has 1 rings (SSSR count). The molecule has 0 fully saturated rings. The number of carbonyl (C=O) groups excluding carboxylic acids is 2. The number of ketones is 2. The molecule has 0 amide bonds. The largest absolute Gasteiger partial charge is 0.394 e. The Balaban J connectivity index is 0.000000473. The van der Waals surface area contributed by atoms with Crippen LogP contribution in [-0.2, 0) is 9.59 Å². The van der Waals surface area contributed by atoms with E-state index in [2.05, 4.69) is 15.4 Å². The number of aliphatic hydroxyl groups excluding tert-OH is 4. The molecule has 0 aliphatic rings. The fraction of sp³-hybridized carbons (Fsp3) is 0.556. The lowest BCUT2D eigenvalue weighted by atomic mass is 10.0. The van der Waals surface area contributed by atoms with E-state index in [1.165, 1.54) is 0 Å². The van der Waals surface area contributed by atoms with E-state index in [4.69, 9.17) is 20.4 Å². The van der Waals surface area contributed by atoms with E-state index >= 15 is 0 Å². The molecule has 0 spiro atoms. The second kappa shape index (κ2) is 8.42. The third-order valence-corrected chi connectivity index (χ3v) is 1.85. The first-order chi connectivity index (χ1) is 8.41. The van der Waals surface area contributed by atoms with Gasteiger partial charge in [0.1, 0.15) is 18.3 Å². The van der Waals surface area contributed by atoms with E-state index < -0.39 is 36.5 Å². The topological polar surface area (TPSA) is 157 Å². The summed E-state index contributed by atoms with van der Waals surface area (Å²) in [4.78, 5) is 21.2. The molecule has 0 radical (unpaired) electrons. The monoisotopic (exact) mass is 261 g/mol. The summed E-state index contributed by atoms with van der Waals surface area (Å²) in [5.41, 5.74) is 0. The number of nitrogens with one attached hydrogen (secondary N) is 1. The summed E-state index contributed by atoms with van der Waals surface area (Å²) < 4.78 is 0. The van der Waals surface area contributed by atoms with Gasteiger partial charge in [-0.25, -0.2) is 0 Å². The quantitative estimate of drug-likeness (QED) is 0.351. The van der Waals surface area contributed by atoms with Gasteiger partial charge in [0.15, 0.2) is 5.78 Å². The maximum absolute atomic E-state index is 10.8. The fourth-order valence-electron chi connectivity index (χ4n) is 0.848. The van der Waals surface area contributed by atoms with Gasteiger partial charge in [0.2, 0.25) is 5.78 Å². The summed E-state index contributed by atoms with van der Waals surface area (Å²) in [7, 11) is 0. The van der Waals surface area contributed by atoms with Crippen molar-refractivity contribution in [3.8, 4) is 0 Å². The number of hydrogen-bond acceptors (Lipinski definition) is 8. The summed E-state index contributed by atoms with van der Waals surface area (Å²) >= 11 is 0. The van der Waals surface area contributed by atoms with Crippen LogP contribution in [0.15, 0.2) is 12.4 Å². The first-order valence-corrected chi connectivity index (χ1v) is 4.91. The lowest BCUT2D eigenvalue weighted by molar-refractivity contribution is -0.149. The first-order valence-electron chi connectivity index (χ1n) is 4.91. The van der Waals surface area contributed by atoms with Crippen molar-refractivity contribution in [1.82, 2.24) is 15.4 Å². The zero-order chi connectivity index (χ0) is 14.1. The van der Waals surface area contributed by atoms with Crippen LogP contribution in [0.3, 0.4) is 0 Å². The van der Waals surface area contributed by atoms with E-state index in [-0.39, 0.29) is 0 Å². The minimum atomic E-state index is -1.99. The minimum absolute atomic E-state index is 0.802. The van der Waals surface area contributed by atoms with Crippen LogP contribution in [0.25, 0.3) is 0 Å². The van der Waals surface area contributed by atoms with Gasteiger partial charge in [-0.3, -0.25) is 9.59 Å². The predicted molar refractivity (Wildman–Crippen MR) is 57.2 cm³/mol. The Kier molecular flexibility index (Phi) is 7.63. The molecular weight excluding hydrogens is 246 g/mol. The Morgan fingerprint density at radius 3 is 2.00 bits per heavy atom. The first kappa shape index (κ1) is 16.3. The summed E-state index contributed by atoms with van der Waals surface area (Å²) in [5, 5.41) is 44.4. The highest BCUT2D eigenvalue weighted by Crippen LogP contribution is 2.01.